The number of carbonyl (C=O) groups excluding carboxylic acids is 4. The molecule has 1 spiro atoms. The highest BCUT2D eigenvalue weighted by Gasteiger charge is 2.74. The zero-order valence-corrected chi connectivity index (χ0v) is 28.2. The molecule has 10 nitrogen and oxygen atoms in total. The van der Waals surface area contributed by atoms with Gasteiger partial charge in [0.05, 0.1) is 24.0 Å². The van der Waals surface area contributed by atoms with Gasteiger partial charge in [-0.1, -0.05) is 85.7 Å². The fourth-order valence-corrected chi connectivity index (χ4v) is 7.73. The van der Waals surface area contributed by atoms with E-state index in [9.17, 15) is 24.3 Å². The minimum absolute atomic E-state index is 0.0647. The minimum Gasteiger partial charge on any atom is -0.463 e. The van der Waals surface area contributed by atoms with E-state index < -0.39 is 35.6 Å². The smallest absolute Gasteiger partial charge is 0.306 e. The van der Waals surface area contributed by atoms with Crippen LogP contribution in [0.2, 0.25) is 0 Å². The highest BCUT2D eigenvalue weighted by Crippen LogP contribution is 2.58. The van der Waals surface area contributed by atoms with E-state index in [1.807, 2.05) is 60.7 Å². The van der Waals surface area contributed by atoms with Crippen LogP contribution in [0.25, 0.3) is 0 Å². The molecule has 0 aliphatic carbocycles. The molecule has 0 aromatic heterocycles. The van der Waals surface area contributed by atoms with Crippen LogP contribution in [-0.2, 0) is 35.2 Å². The molecule has 2 N–H and O–H groups in total. The average molecular weight is 672 g/mol. The standard InChI is InChI=1S/C39H49N3O7/c1-3-5-20-32(44)48-27-30(29-18-12-9-13-19-29)40-36(45)33-31-21-22-39(49-31)34(33)37(46)42(24-14-6-7-15-25-43)35(39)38(47)41(23-4-2)26-28-16-10-8-11-17-28/h3-4,8-13,16-19,30-31,33-35,43H,1-2,5-7,14-15,20-27H2,(H,40,45)/t30-,31+,33-,34-,35+,39-/m0/s1. The van der Waals surface area contributed by atoms with Crippen LogP contribution in [0.3, 0.4) is 0 Å². The van der Waals surface area contributed by atoms with Gasteiger partial charge in [-0.2, -0.15) is 0 Å². The molecule has 6 atom stereocenters. The van der Waals surface area contributed by atoms with Gasteiger partial charge < -0.3 is 29.7 Å². The summed E-state index contributed by atoms with van der Waals surface area (Å²) in [4.78, 5) is 59.1. The molecule has 5 rings (SSSR count). The summed E-state index contributed by atoms with van der Waals surface area (Å²) in [5.41, 5.74) is 0.585. The van der Waals surface area contributed by atoms with E-state index in [0.717, 1.165) is 24.0 Å². The Morgan fingerprint density at radius 3 is 2.45 bits per heavy atom. The van der Waals surface area contributed by atoms with Gasteiger partial charge >= 0.3 is 5.97 Å². The molecule has 0 radical (unpaired) electrons. The highest BCUT2D eigenvalue weighted by molar-refractivity contribution is 5.99. The quantitative estimate of drug-likeness (QED) is 0.128. The maximum atomic E-state index is 14.6. The molecule has 10 heteroatoms. The predicted molar refractivity (Wildman–Crippen MR) is 185 cm³/mol. The second-order valence-electron chi connectivity index (χ2n) is 13.2. The lowest BCUT2D eigenvalue weighted by molar-refractivity contribution is -0.148. The summed E-state index contributed by atoms with van der Waals surface area (Å²) in [5, 5.41) is 12.3. The number of amides is 3. The van der Waals surface area contributed by atoms with E-state index >= 15 is 0 Å². The average Bonchev–Trinajstić information content (AvgIpc) is 3.76. The van der Waals surface area contributed by atoms with Gasteiger partial charge in [0.2, 0.25) is 17.7 Å². The fraction of sp³-hybridized carbons (Fsp3) is 0.487. The molecule has 262 valence electrons. The van der Waals surface area contributed by atoms with E-state index in [-0.39, 0.29) is 43.3 Å². The zero-order valence-electron chi connectivity index (χ0n) is 28.2. The van der Waals surface area contributed by atoms with Crippen molar-refractivity contribution in [2.75, 3.05) is 26.3 Å². The molecular formula is C39H49N3O7. The van der Waals surface area contributed by atoms with Gasteiger partial charge in [-0.3, -0.25) is 19.2 Å². The number of benzene rings is 2. The Balaban J connectivity index is 1.41. The lowest BCUT2D eigenvalue weighted by atomic mass is 9.70. The number of hydrogen-bond donors (Lipinski definition) is 2. The van der Waals surface area contributed by atoms with Crippen LogP contribution in [0.15, 0.2) is 86.0 Å². The topological polar surface area (TPSA) is 125 Å². The largest absolute Gasteiger partial charge is 0.463 e. The molecule has 0 unspecified atom stereocenters. The summed E-state index contributed by atoms with van der Waals surface area (Å²) in [7, 11) is 0. The van der Waals surface area contributed by atoms with E-state index in [1.165, 1.54) is 0 Å². The van der Waals surface area contributed by atoms with Gasteiger partial charge in [-0.25, -0.2) is 0 Å². The number of nitrogens with zero attached hydrogens (tertiary/aromatic N) is 2. The van der Waals surface area contributed by atoms with Crippen molar-refractivity contribution < 1.29 is 33.8 Å². The molecule has 2 aromatic rings. The van der Waals surface area contributed by atoms with Crippen LogP contribution in [0.4, 0.5) is 0 Å². The molecule has 49 heavy (non-hydrogen) atoms. The molecule has 3 amide bonds. The third-order valence-electron chi connectivity index (χ3n) is 10.0. The Morgan fingerprint density at radius 1 is 1.04 bits per heavy atom. The van der Waals surface area contributed by atoms with Crippen molar-refractivity contribution in [1.29, 1.82) is 0 Å². The van der Waals surface area contributed by atoms with Crippen molar-refractivity contribution in [2.24, 2.45) is 11.8 Å². The van der Waals surface area contributed by atoms with Crippen molar-refractivity contribution >= 4 is 23.7 Å². The van der Waals surface area contributed by atoms with Crippen molar-refractivity contribution in [3.05, 3.63) is 97.1 Å². The first kappa shape index (κ1) is 36.0. The van der Waals surface area contributed by atoms with Crippen LogP contribution in [-0.4, -0.2) is 82.6 Å². The summed E-state index contributed by atoms with van der Waals surface area (Å²) in [6.07, 6.45) is 7.46. The summed E-state index contributed by atoms with van der Waals surface area (Å²) < 4.78 is 12.2. The molecule has 3 heterocycles. The first-order valence-electron chi connectivity index (χ1n) is 17.5. The second-order valence-corrected chi connectivity index (χ2v) is 13.2. The molecule has 3 saturated heterocycles. The SMILES string of the molecule is C=CCCC(=O)OC[C@H](NC(=O)[C@@H]1[C@H]2C(=O)N(CCCCCCO)[C@H](C(=O)N(CC=C)Cc3ccccc3)[C@]23CC[C@H]1O3)c1ccccc1. The Morgan fingerprint density at radius 2 is 1.76 bits per heavy atom. The number of esters is 1. The summed E-state index contributed by atoms with van der Waals surface area (Å²) in [5.74, 6) is -2.84. The van der Waals surface area contributed by atoms with E-state index in [4.69, 9.17) is 9.47 Å². The molecule has 3 aliphatic heterocycles. The Hall–Kier alpha value is -4.28. The summed E-state index contributed by atoms with van der Waals surface area (Å²) in [6.45, 7) is 8.57. The van der Waals surface area contributed by atoms with Crippen molar-refractivity contribution in [2.45, 2.75) is 81.7 Å². The number of rotatable bonds is 19. The number of likely N-dealkylation sites (tertiary alicyclic amines) is 1. The Labute approximate surface area is 289 Å². The lowest BCUT2D eigenvalue weighted by Gasteiger charge is -2.37. The predicted octanol–water partition coefficient (Wildman–Crippen LogP) is 4.50. The summed E-state index contributed by atoms with van der Waals surface area (Å²) in [6, 6.07) is 17.5. The Kier molecular flexibility index (Phi) is 12.4. The first-order chi connectivity index (χ1) is 23.8. The summed E-state index contributed by atoms with van der Waals surface area (Å²) >= 11 is 0. The number of fused-ring (bicyclic) bond motifs is 1. The van der Waals surface area contributed by atoms with Crippen LogP contribution in [0, 0.1) is 11.8 Å². The number of hydrogen-bond acceptors (Lipinski definition) is 7. The maximum absolute atomic E-state index is 14.6. The number of unbranched alkanes of at least 4 members (excludes halogenated alkanes) is 3. The van der Waals surface area contributed by atoms with Gasteiger partial charge in [-0.15, -0.1) is 13.2 Å². The van der Waals surface area contributed by atoms with Crippen LogP contribution in [0.1, 0.15) is 68.5 Å². The number of allylic oxidation sites excluding steroid dienone is 1. The Bertz CT molecular complexity index is 1470. The zero-order chi connectivity index (χ0) is 34.8. The number of aliphatic hydroxyl groups excluding tert-OH is 1. The number of aliphatic hydroxyl groups is 1. The van der Waals surface area contributed by atoms with Crippen LogP contribution < -0.4 is 5.32 Å². The van der Waals surface area contributed by atoms with Crippen molar-refractivity contribution in [3.63, 3.8) is 0 Å². The third kappa shape index (κ3) is 7.97. The number of ether oxygens (including phenoxy) is 2. The second kappa shape index (κ2) is 16.9. The maximum Gasteiger partial charge on any atom is 0.306 e. The van der Waals surface area contributed by atoms with Crippen LogP contribution >= 0.6 is 0 Å². The van der Waals surface area contributed by atoms with Crippen LogP contribution in [0.5, 0.6) is 0 Å². The number of nitrogens with one attached hydrogen (secondary N) is 1. The molecular weight excluding hydrogens is 622 g/mol. The monoisotopic (exact) mass is 671 g/mol. The van der Waals surface area contributed by atoms with E-state index in [2.05, 4.69) is 18.5 Å². The lowest BCUT2D eigenvalue weighted by Crippen LogP contribution is -2.56. The van der Waals surface area contributed by atoms with E-state index in [0.29, 0.717) is 51.7 Å². The van der Waals surface area contributed by atoms with Gasteiger partial charge in [0.15, 0.2) is 0 Å². The minimum atomic E-state index is -1.14. The number of carbonyl (C=O) groups is 4. The van der Waals surface area contributed by atoms with Crippen molar-refractivity contribution in [3.8, 4) is 0 Å². The highest BCUT2D eigenvalue weighted by atomic mass is 16.5. The van der Waals surface area contributed by atoms with Gasteiger partial charge in [0.25, 0.3) is 0 Å². The third-order valence-corrected chi connectivity index (χ3v) is 10.0. The molecule has 2 aromatic carbocycles. The molecule has 3 aliphatic rings. The first-order valence-corrected chi connectivity index (χ1v) is 17.5. The van der Waals surface area contributed by atoms with Crippen molar-refractivity contribution in [1.82, 2.24) is 15.1 Å². The van der Waals surface area contributed by atoms with E-state index in [1.54, 1.807) is 22.0 Å². The van der Waals surface area contributed by atoms with Gasteiger partial charge in [0, 0.05) is 32.7 Å². The van der Waals surface area contributed by atoms with Gasteiger partial charge in [0.1, 0.15) is 18.2 Å². The van der Waals surface area contributed by atoms with Gasteiger partial charge in [-0.05, 0) is 43.2 Å². The normalized spacial score (nSPS) is 24.3. The molecule has 3 fully saturated rings. The molecule has 2 bridgehead atoms. The fourth-order valence-electron chi connectivity index (χ4n) is 7.73. The molecule has 0 saturated carbocycles.